The number of ether oxygens (including phenoxy) is 2. The van der Waals surface area contributed by atoms with E-state index in [1.165, 1.54) is 19.2 Å². The Bertz CT molecular complexity index is 2360. The van der Waals surface area contributed by atoms with Crippen molar-refractivity contribution in [1.82, 2.24) is 0 Å². The molecule has 0 saturated heterocycles. The van der Waals surface area contributed by atoms with Crippen LogP contribution in [-0.4, -0.2) is 51.4 Å². The number of esters is 2. The van der Waals surface area contributed by atoms with E-state index in [0.29, 0.717) is 19.3 Å². The second kappa shape index (κ2) is 19.6. The van der Waals surface area contributed by atoms with E-state index >= 15 is 0 Å². The summed E-state index contributed by atoms with van der Waals surface area (Å²) < 4.78 is 41.2. The molecule has 0 radical (unpaired) electrons. The highest BCUT2D eigenvalue weighted by Gasteiger charge is 2.39. The molecular weight excluding hydrogens is 725 g/mol. The van der Waals surface area contributed by atoms with Crippen LogP contribution in [0.3, 0.4) is 0 Å². The Hall–Kier alpha value is -5.97. The fourth-order valence-corrected chi connectivity index (χ4v) is 6.83. The van der Waals surface area contributed by atoms with Gasteiger partial charge in [0.15, 0.2) is 0 Å². The van der Waals surface area contributed by atoms with Crippen LogP contribution >= 0.6 is 0 Å². The van der Waals surface area contributed by atoms with E-state index in [2.05, 4.69) is 23.7 Å². The minimum absolute atomic E-state index is 0.0164. The van der Waals surface area contributed by atoms with Crippen molar-refractivity contribution in [3.8, 4) is 23.7 Å². The highest BCUT2D eigenvalue weighted by Crippen LogP contribution is 2.22. The number of benzene rings is 5. The normalized spacial score (nSPS) is 11.9. The molecule has 56 heavy (non-hydrogen) atoms. The van der Waals surface area contributed by atoms with Gasteiger partial charge in [0, 0.05) is 41.7 Å². The maximum Gasteiger partial charge on any atom is 0.350 e. The fraction of sp³-hybridized carbons (Fsp3) is 0.234. The van der Waals surface area contributed by atoms with Crippen LogP contribution in [0.1, 0.15) is 63.4 Å². The highest BCUT2D eigenvalue weighted by molar-refractivity contribution is 7.86. The molecule has 8 nitrogen and oxygen atoms in total. The van der Waals surface area contributed by atoms with Crippen LogP contribution < -0.4 is 0 Å². The summed E-state index contributed by atoms with van der Waals surface area (Å²) in [6, 6.07) is 36.7. The van der Waals surface area contributed by atoms with Gasteiger partial charge < -0.3 is 14.6 Å². The lowest BCUT2D eigenvalue weighted by molar-refractivity contribution is -0.178. The molecule has 0 heterocycles. The quantitative estimate of drug-likeness (QED) is 0.0736. The van der Waals surface area contributed by atoms with E-state index < -0.39 is 27.7 Å². The lowest BCUT2D eigenvalue weighted by atomic mass is 9.95. The van der Waals surface area contributed by atoms with E-state index in [9.17, 15) is 23.1 Å². The molecule has 1 N–H and O–H groups in total. The molecule has 5 aromatic rings. The molecule has 5 rings (SSSR count). The minimum atomic E-state index is -3.86. The standard InChI is InChI=1S/C47H44O8S/c1-35-12-27-44(28-13-35)56(51,52)54-33-31-43-11-7-5-9-41(43)26-23-36-14-16-38(17-15-36)24-29-45(49)55-47(2,46(50)53-3)34-39-20-18-37(19-21-39)22-25-40-8-4-6-10-42(40)30-32-48/h4-21,27-28,48H,24,29-34H2,1-3H3. The van der Waals surface area contributed by atoms with Crippen LogP contribution in [-0.2, 0) is 59.0 Å². The van der Waals surface area contributed by atoms with Gasteiger partial charge in [0.2, 0.25) is 5.60 Å². The van der Waals surface area contributed by atoms with Crippen LogP contribution in [0.25, 0.3) is 0 Å². The van der Waals surface area contributed by atoms with E-state index in [0.717, 1.165) is 50.1 Å². The first-order chi connectivity index (χ1) is 27.0. The monoisotopic (exact) mass is 768 g/mol. The summed E-state index contributed by atoms with van der Waals surface area (Å²) in [5.74, 6) is 11.5. The van der Waals surface area contributed by atoms with Gasteiger partial charge in [-0.2, -0.15) is 8.42 Å². The van der Waals surface area contributed by atoms with Crippen molar-refractivity contribution >= 4 is 22.1 Å². The third kappa shape index (κ3) is 11.8. The van der Waals surface area contributed by atoms with E-state index in [1.54, 1.807) is 19.1 Å². The fourth-order valence-electron chi connectivity index (χ4n) is 5.92. The number of aliphatic hydroxyl groups is 1. The average Bonchev–Trinajstić information content (AvgIpc) is 3.20. The van der Waals surface area contributed by atoms with Gasteiger partial charge in [-0.15, -0.1) is 0 Å². The van der Waals surface area contributed by atoms with Crippen molar-refractivity contribution in [3.05, 3.63) is 171 Å². The van der Waals surface area contributed by atoms with Crippen molar-refractivity contribution in [1.29, 1.82) is 0 Å². The first kappa shape index (κ1) is 41.2. The summed E-state index contributed by atoms with van der Waals surface area (Å²) in [5.41, 5.74) is 6.12. The van der Waals surface area contributed by atoms with Gasteiger partial charge in [-0.25, -0.2) is 4.79 Å². The molecule has 286 valence electrons. The molecule has 1 atom stereocenters. The molecule has 0 fully saturated rings. The summed E-state index contributed by atoms with van der Waals surface area (Å²) in [6.07, 6.45) is 1.46. The van der Waals surface area contributed by atoms with Gasteiger partial charge in [-0.05, 0) is 104 Å². The Kier molecular flexibility index (Phi) is 14.4. The SMILES string of the molecule is COC(=O)C(C)(Cc1ccc(C#Cc2ccccc2CCO)cc1)OC(=O)CCc1ccc(C#Cc2ccccc2CCOS(=O)(=O)c2ccc(C)cc2)cc1. The maximum atomic E-state index is 13.0. The first-order valence-electron chi connectivity index (χ1n) is 18.2. The molecule has 9 heteroatoms. The Balaban J connectivity index is 1.14. The van der Waals surface area contributed by atoms with Crippen LogP contribution in [0.15, 0.2) is 126 Å². The predicted octanol–water partition coefficient (Wildman–Crippen LogP) is 6.93. The Labute approximate surface area is 329 Å². The molecule has 0 aliphatic heterocycles. The van der Waals surface area contributed by atoms with E-state index in [1.807, 2.05) is 104 Å². The molecule has 0 aliphatic carbocycles. The summed E-state index contributed by atoms with van der Waals surface area (Å²) in [7, 11) is -2.60. The smallest absolute Gasteiger partial charge is 0.350 e. The zero-order valence-corrected chi connectivity index (χ0v) is 32.5. The Morgan fingerprint density at radius 3 is 1.77 bits per heavy atom. The topological polar surface area (TPSA) is 116 Å². The molecule has 0 aromatic heterocycles. The molecule has 0 aliphatic rings. The number of hydrogen-bond acceptors (Lipinski definition) is 8. The van der Waals surface area contributed by atoms with E-state index in [4.69, 9.17) is 13.7 Å². The van der Waals surface area contributed by atoms with Gasteiger partial charge in [0.25, 0.3) is 10.1 Å². The third-order valence-electron chi connectivity index (χ3n) is 9.04. The first-order valence-corrected chi connectivity index (χ1v) is 19.6. The molecule has 0 amide bonds. The number of hydrogen-bond donors (Lipinski definition) is 1. The van der Waals surface area contributed by atoms with Crippen LogP contribution in [0.2, 0.25) is 0 Å². The zero-order chi connectivity index (χ0) is 40.0. The lowest BCUT2D eigenvalue weighted by Crippen LogP contribution is -2.43. The average molecular weight is 769 g/mol. The predicted molar refractivity (Wildman–Crippen MR) is 215 cm³/mol. The van der Waals surface area contributed by atoms with E-state index in [-0.39, 0.29) is 31.0 Å². The Morgan fingerprint density at radius 2 is 1.21 bits per heavy atom. The molecule has 1 unspecified atom stereocenters. The van der Waals surface area contributed by atoms with Crippen molar-refractivity contribution in [2.75, 3.05) is 20.3 Å². The van der Waals surface area contributed by atoms with Gasteiger partial charge in [0.1, 0.15) is 0 Å². The molecule has 0 saturated carbocycles. The summed E-state index contributed by atoms with van der Waals surface area (Å²) in [5, 5.41) is 9.33. The van der Waals surface area contributed by atoms with Crippen molar-refractivity contribution in [2.24, 2.45) is 0 Å². The minimum Gasteiger partial charge on any atom is -0.466 e. The number of methoxy groups -OCH3 is 1. The Morgan fingerprint density at radius 1 is 0.679 bits per heavy atom. The largest absolute Gasteiger partial charge is 0.466 e. The maximum absolute atomic E-state index is 13.0. The second-order valence-corrected chi connectivity index (χ2v) is 15.0. The van der Waals surface area contributed by atoms with Gasteiger partial charge in [0.05, 0.1) is 18.6 Å². The van der Waals surface area contributed by atoms with Crippen molar-refractivity contribution in [2.45, 2.75) is 56.4 Å². The summed E-state index contributed by atoms with van der Waals surface area (Å²) in [4.78, 5) is 26.0. The number of aliphatic hydroxyl groups excluding tert-OH is 1. The van der Waals surface area contributed by atoms with Crippen LogP contribution in [0.4, 0.5) is 0 Å². The molecule has 0 spiro atoms. The molecular formula is C47H44O8S. The van der Waals surface area contributed by atoms with Crippen molar-refractivity contribution < 1.29 is 36.8 Å². The zero-order valence-electron chi connectivity index (χ0n) is 31.7. The van der Waals surface area contributed by atoms with Crippen LogP contribution in [0.5, 0.6) is 0 Å². The van der Waals surface area contributed by atoms with Gasteiger partial charge >= 0.3 is 11.9 Å². The number of carbonyl (C=O) groups is 2. The van der Waals surface area contributed by atoms with Gasteiger partial charge in [-0.1, -0.05) is 102 Å². The summed E-state index contributed by atoms with van der Waals surface area (Å²) >= 11 is 0. The second-order valence-electron chi connectivity index (χ2n) is 13.4. The number of aryl methyl sites for hydroxylation is 2. The number of rotatable bonds is 14. The highest BCUT2D eigenvalue weighted by atomic mass is 32.2. The summed E-state index contributed by atoms with van der Waals surface area (Å²) in [6.45, 7) is 3.47. The number of carbonyl (C=O) groups excluding carboxylic acids is 2. The van der Waals surface area contributed by atoms with Crippen LogP contribution in [0, 0.1) is 30.6 Å². The molecule has 5 aromatic carbocycles. The lowest BCUT2D eigenvalue weighted by Gasteiger charge is -2.27. The third-order valence-corrected chi connectivity index (χ3v) is 10.4. The van der Waals surface area contributed by atoms with Gasteiger partial charge in [-0.3, -0.25) is 8.98 Å². The molecule has 0 bridgehead atoms. The van der Waals surface area contributed by atoms with Crippen molar-refractivity contribution in [3.63, 3.8) is 0 Å².